The van der Waals surface area contributed by atoms with Crippen molar-refractivity contribution in [2.24, 2.45) is 0 Å². The van der Waals surface area contributed by atoms with E-state index >= 15 is 0 Å². The van der Waals surface area contributed by atoms with E-state index in [1.807, 2.05) is 66.7 Å². The molecule has 1 aliphatic rings. The molecule has 3 heteroatoms. The third kappa shape index (κ3) is 3.28. The molecule has 4 rings (SSSR count). The fraction of sp³-hybridized carbons (Fsp3) is 0.217. The molecule has 2 nitrogen and oxygen atoms in total. The standard InChI is InChI=1S/C23H24NOP/c25-26(21-13-6-2-7-14-21,22-15-8-3-9-16-22)23-17-10-18-24(23)19-20-11-4-1-5-12-20/h1-9,11-16,23H,10,17-19H2/t23-/m1/s1. The predicted molar refractivity (Wildman–Crippen MR) is 110 cm³/mol. The SMILES string of the molecule is O=P(c1ccccc1)(c1ccccc1)[C@@H]1CCCN1Cc1ccccc1. The Morgan fingerprint density at radius 3 is 1.81 bits per heavy atom. The lowest BCUT2D eigenvalue weighted by atomic mass is 10.2. The second-order valence-corrected chi connectivity index (χ2v) is 9.85. The zero-order valence-corrected chi connectivity index (χ0v) is 15.8. The molecule has 0 spiro atoms. The van der Waals surface area contributed by atoms with Crippen LogP contribution in [0.1, 0.15) is 18.4 Å². The van der Waals surface area contributed by atoms with Crippen molar-refractivity contribution < 1.29 is 4.57 Å². The van der Waals surface area contributed by atoms with Crippen LogP contribution in [-0.2, 0) is 11.1 Å². The Hall–Kier alpha value is -2.15. The maximum absolute atomic E-state index is 14.6. The Kier molecular flexibility index (Phi) is 5.06. The van der Waals surface area contributed by atoms with Crippen molar-refractivity contribution in [2.75, 3.05) is 6.54 Å². The van der Waals surface area contributed by atoms with E-state index in [9.17, 15) is 4.57 Å². The second kappa shape index (κ2) is 7.61. The molecule has 0 aliphatic carbocycles. The van der Waals surface area contributed by atoms with E-state index in [1.165, 1.54) is 5.56 Å². The molecular weight excluding hydrogens is 337 g/mol. The van der Waals surface area contributed by atoms with Gasteiger partial charge in [-0.25, -0.2) is 0 Å². The highest BCUT2D eigenvalue weighted by molar-refractivity contribution is 7.79. The van der Waals surface area contributed by atoms with Crippen molar-refractivity contribution >= 4 is 17.8 Å². The Morgan fingerprint density at radius 1 is 0.769 bits per heavy atom. The van der Waals surface area contributed by atoms with Gasteiger partial charge in [0.2, 0.25) is 0 Å². The Morgan fingerprint density at radius 2 is 1.27 bits per heavy atom. The van der Waals surface area contributed by atoms with Crippen molar-refractivity contribution in [1.29, 1.82) is 0 Å². The van der Waals surface area contributed by atoms with Gasteiger partial charge in [-0.1, -0.05) is 91.0 Å². The summed E-state index contributed by atoms with van der Waals surface area (Å²) in [6.45, 7) is 1.86. The summed E-state index contributed by atoms with van der Waals surface area (Å²) in [5.41, 5.74) is 1.28. The summed E-state index contributed by atoms with van der Waals surface area (Å²) in [4.78, 5) is 2.43. The lowest BCUT2D eigenvalue weighted by Gasteiger charge is -2.32. The molecule has 1 heterocycles. The van der Waals surface area contributed by atoms with E-state index in [4.69, 9.17) is 0 Å². The minimum atomic E-state index is -2.74. The zero-order chi connectivity index (χ0) is 17.8. The molecule has 1 saturated heterocycles. The highest BCUT2D eigenvalue weighted by atomic mass is 31.2. The van der Waals surface area contributed by atoms with Gasteiger partial charge in [0.15, 0.2) is 7.14 Å². The number of likely N-dealkylation sites (tertiary alicyclic amines) is 1. The first kappa shape index (κ1) is 17.3. The van der Waals surface area contributed by atoms with Crippen LogP contribution in [0, 0.1) is 0 Å². The van der Waals surface area contributed by atoms with Crippen molar-refractivity contribution in [1.82, 2.24) is 4.90 Å². The molecule has 1 aliphatic heterocycles. The van der Waals surface area contributed by atoms with E-state index in [1.54, 1.807) is 0 Å². The molecule has 0 aromatic heterocycles. The van der Waals surface area contributed by atoms with E-state index in [2.05, 4.69) is 29.2 Å². The molecule has 0 unspecified atom stereocenters. The molecular formula is C23H24NOP. The summed E-state index contributed by atoms with van der Waals surface area (Å²) >= 11 is 0. The summed E-state index contributed by atoms with van der Waals surface area (Å²) in [5, 5.41) is 1.94. The highest BCUT2D eigenvalue weighted by Gasteiger charge is 2.42. The first-order valence-corrected chi connectivity index (χ1v) is 11.0. The largest absolute Gasteiger partial charge is 0.312 e. The Labute approximate surface area is 155 Å². The fourth-order valence-electron chi connectivity index (χ4n) is 4.01. The topological polar surface area (TPSA) is 20.3 Å². The summed E-state index contributed by atoms with van der Waals surface area (Å²) in [6.07, 6.45) is 2.08. The molecule has 3 aromatic rings. The van der Waals surface area contributed by atoms with Gasteiger partial charge in [-0.2, -0.15) is 0 Å². The van der Waals surface area contributed by atoms with Crippen molar-refractivity contribution in [2.45, 2.75) is 25.2 Å². The average molecular weight is 361 g/mol. The quantitative estimate of drug-likeness (QED) is 0.618. The van der Waals surface area contributed by atoms with Crippen LogP contribution in [-0.4, -0.2) is 17.2 Å². The lowest BCUT2D eigenvalue weighted by Crippen LogP contribution is -2.35. The van der Waals surface area contributed by atoms with E-state index in [0.29, 0.717) is 0 Å². The number of nitrogens with zero attached hydrogens (tertiary/aromatic N) is 1. The molecule has 1 fully saturated rings. The second-order valence-electron chi connectivity index (χ2n) is 6.91. The molecule has 0 bridgehead atoms. The Bertz CT molecular complexity index is 836. The van der Waals surface area contributed by atoms with Crippen molar-refractivity contribution in [3.8, 4) is 0 Å². The normalized spacial score (nSPS) is 18.1. The molecule has 26 heavy (non-hydrogen) atoms. The van der Waals surface area contributed by atoms with Crippen LogP contribution in [0.2, 0.25) is 0 Å². The maximum atomic E-state index is 14.6. The van der Waals surface area contributed by atoms with Gasteiger partial charge in [0.05, 0.1) is 5.78 Å². The number of rotatable bonds is 5. The van der Waals surface area contributed by atoms with Gasteiger partial charge in [-0.05, 0) is 24.9 Å². The van der Waals surface area contributed by atoms with Crippen LogP contribution in [0.15, 0.2) is 91.0 Å². The van der Waals surface area contributed by atoms with Gasteiger partial charge in [0.25, 0.3) is 0 Å². The van der Waals surface area contributed by atoms with Crippen molar-refractivity contribution in [3.05, 3.63) is 96.6 Å². The molecule has 0 saturated carbocycles. The van der Waals surface area contributed by atoms with E-state index in [-0.39, 0.29) is 5.78 Å². The van der Waals surface area contributed by atoms with Crippen LogP contribution in [0.4, 0.5) is 0 Å². The Balaban J connectivity index is 1.75. The molecule has 132 valence electrons. The minimum absolute atomic E-state index is 0.0625. The van der Waals surface area contributed by atoms with E-state index in [0.717, 1.165) is 36.5 Å². The molecule has 0 amide bonds. The fourth-order valence-corrected chi connectivity index (χ4v) is 7.43. The predicted octanol–water partition coefficient (Wildman–Crippen LogP) is 4.62. The summed E-state index contributed by atoms with van der Waals surface area (Å²) in [6, 6.07) is 30.7. The number of hydrogen-bond donors (Lipinski definition) is 0. The molecule has 1 atom stereocenters. The van der Waals surface area contributed by atoms with Crippen molar-refractivity contribution in [3.63, 3.8) is 0 Å². The van der Waals surface area contributed by atoms with Gasteiger partial charge in [0, 0.05) is 17.2 Å². The number of benzene rings is 3. The smallest absolute Gasteiger partial charge is 0.159 e. The summed E-state index contributed by atoms with van der Waals surface area (Å²) in [7, 11) is -2.74. The third-order valence-electron chi connectivity index (χ3n) is 5.26. The van der Waals surface area contributed by atoms with E-state index < -0.39 is 7.14 Å². The molecule has 0 radical (unpaired) electrons. The highest BCUT2D eigenvalue weighted by Crippen LogP contribution is 2.53. The lowest BCUT2D eigenvalue weighted by molar-refractivity contribution is 0.300. The zero-order valence-electron chi connectivity index (χ0n) is 14.9. The van der Waals surface area contributed by atoms with Crippen LogP contribution < -0.4 is 10.6 Å². The third-order valence-corrected chi connectivity index (χ3v) is 8.81. The minimum Gasteiger partial charge on any atom is -0.312 e. The average Bonchev–Trinajstić information content (AvgIpc) is 3.18. The number of hydrogen-bond acceptors (Lipinski definition) is 2. The van der Waals surface area contributed by atoms with Gasteiger partial charge in [-0.15, -0.1) is 0 Å². The summed E-state index contributed by atoms with van der Waals surface area (Å²) in [5.74, 6) is 0.0625. The van der Waals surface area contributed by atoms with Crippen LogP contribution >= 0.6 is 7.14 Å². The van der Waals surface area contributed by atoms with Crippen LogP contribution in [0.5, 0.6) is 0 Å². The molecule has 3 aromatic carbocycles. The first-order valence-electron chi connectivity index (χ1n) is 9.27. The maximum Gasteiger partial charge on any atom is 0.159 e. The van der Waals surface area contributed by atoms with Gasteiger partial charge in [0.1, 0.15) is 0 Å². The molecule has 0 N–H and O–H groups in total. The first-order chi connectivity index (χ1) is 12.8. The monoisotopic (exact) mass is 361 g/mol. The van der Waals surface area contributed by atoms with Crippen LogP contribution in [0.3, 0.4) is 0 Å². The summed E-state index contributed by atoms with van der Waals surface area (Å²) < 4.78 is 14.6. The van der Waals surface area contributed by atoms with Gasteiger partial charge in [-0.3, -0.25) is 4.90 Å². The van der Waals surface area contributed by atoms with Gasteiger partial charge >= 0.3 is 0 Å². The van der Waals surface area contributed by atoms with Gasteiger partial charge < -0.3 is 4.57 Å². The van der Waals surface area contributed by atoms with Crippen LogP contribution in [0.25, 0.3) is 0 Å².